The highest BCUT2D eigenvalue weighted by atomic mass is 19.1. The monoisotopic (exact) mass is 521 g/mol. The Morgan fingerprint density at radius 2 is 1.82 bits per heavy atom. The van der Waals surface area contributed by atoms with Crippen LogP contribution in [0.25, 0.3) is 0 Å². The van der Waals surface area contributed by atoms with Gasteiger partial charge in [-0.2, -0.15) is 0 Å². The fraction of sp³-hybridized carbons (Fsp3) is 0.192. The van der Waals surface area contributed by atoms with Gasteiger partial charge in [0.05, 0.1) is 19.9 Å². The zero-order valence-corrected chi connectivity index (χ0v) is 20.7. The summed E-state index contributed by atoms with van der Waals surface area (Å²) in [4.78, 5) is 16.7. The second kappa shape index (κ2) is 12.5. The van der Waals surface area contributed by atoms with Crippen LogP contribution in [0.1, 0.15) is 17.0 Å². The Hall–Kier alpha value is -4.71. The Morgan fingerprint density at radius 3 is 2.53 bits per heavy atom. The van der Waals surface area contributed by atoms with Crippen molar-refractivity contribution < 1.29 is 23.0 Å². The van der Waals surface area contributed by atoms with Crippen LogP contribution in [0.5, 0.6) is 11.5 Å². The van der Waals surface area contributed by atoms with Gasteiger partial charge in [0.15, 0.2) is 17.4 Å². The molecule has 4 rings (SSSR count). The van der Waals surface area contributed by atoms with Crippen LogP contribution < -0.4 is 20.1 Å². The van der Waals surface area contributed by atoms with E-state index in [0.29, 0.717) is 35.2 Å². The molecule has 2 heterocycles. The summed E-state index contributed by atoms with van der Waals surface area (Å²) in [6.07, 6.45) is 4.40. The maximum atomic E-state index is 14.7. The van der Waals surface area contributed by atoms with Crippen molar-refractivity contribution in [2.75, 3.05) is 38.1 Å². The topological polar surface area (TPSA) is 127 Å². The number of nitrogens with zero attached hydrogens (tertiary/aromatic N) is 4. The van der Waals surface area contributed by atoms with Gasteiger partial charge in [-0.25, -0.2) is 28.7 Å². The molecule has 0 saturated carbocycles. The van der Waals surface area contributed by atoms with Gasteiger partial charge in [-0.15, -0.1) is 0 Å². The highest BCUT2D eigenvalue weighted by Gasteiger charge is 2.17. The lowest BCUT2D eigenvalue weighted by Crippen LogP contribution is -2.13. The third-order valence-corrected chi connectivity index (χ3v) is 5.35. The average molecular weight is 522 g/mol. The molecule has 0 aliphatic rings. The number of benzene rings is 2. The molecule has 0 atom stereocenters. The summed E-state index contributed by atoms with van der Waals surface area (Å²) in [6.45, 7) is 0.307. The molecule has 0 saturated heterocycles. The molecule has 10 nitrogen and oxygen atoms in total. The summed E-state index contributed by atoms with van der Waals surface area (Å²) in [7, 11) is 2.98. The lowest BCUT2D eigenvalue weighted by molar-refractivity contribution is 0.146. The molecule has 0 bridgehead atoms. The molecule has 38 heavy (non-hydrogen) atoms. The van der Waals surface area contributed by atoms with Crippen molar-refractivity contribution in [1.82, 2.24) is 19.9 Å². The minimum Gasteiger partial charge on any atom is -0.491 e. The number of nitrogens with one attached hydrogen (secondary N) is 3. The molecule has 2 aromatic heterocycles. The number of rotatable bonds is 12. The van der Waals surface area contributed by atoms with E-state index in [4.69, 9.17) is 19.6 Å². The second-order valence-electron chi connectivity index (χ2n) is 7.81. The van der Waals surface area contributed by atoms with Crippen molar-refractivity contribution in [3.63, 3.8) is 0 Å². The molecule has 4 aromatic rings. The van der Waals surface area contributed by atoms with Crippen LogP contribution in [-0.4, -0.2) is 53.1 Å². The fourth-order valence-corrected chi connectivity index (χ4v) is 3.45. The first-order chi connectivity index (χ1) is 18.5. The zero-order chi connectivity index (χ0) is 26.9. The third kappa shape index (κ3) is 6.34. The minimum atomic E-state index is -0.753. The summed E-state index contributed by atoms with van der Waals surface area (Å²) in [5.41, 5.74) is 0.735. The molecule has 0 fully saturated rings. The maximum absolute atomic E-state index is 14.7. The van der Waals surface area contributed by atoms with E-state index in [1.807, 2.05) is 0 Å². The predicted molar refractivity (Wildman–Crippen MR) is 137 cm³/mol. The first-order valence-corrected chi connectivity index (χ1v) is 11.5. The van der Waals surface area contributed by atoms with E-state index in [2.05, 4.69) is 30.6 Å². The molecule has 0 spiro atoms. The smallest absolute Gasteiger partial charge is 0.180 e. The Morgan fingerprint density at radius 1 is 1.03 bits per heavy atom. The van der Waals surface area contributed by atoms with Crippen LogP contribution in [0.4, 0.5) is 26.1 Å². The third-order valence-electron chi connectivity index (χ3n) is 5.35. The van der Waals surface area contributed by atoms with Crippen molar-refractivity contribution >= 4 is 23.0 Å². The Bertz CT molecular complexity index is 1380. The number of hydrogen-bond donors (Lipinski definition) is 3. The number of methoxy groups -OCH3 is 2. The molecule has 2 aromatic carbocycles. The van der Waals surface area contributed by atoms with Gasteiger partial charge in [-0.1, -0.05) is 18.2 Å². The number of hydrogen-bond acceptors (Lipinski definition) is 10. The van der Waals surface area contributed by atoms with E-state index in [1.54, 1.807) is 36.5 Å². The number of anilines is 3. The highest BCUT2D eigenvalue weighted by molar-refractivity contribution is 6.12. The summed E-state index contributed by atoms with van der Waals surface area (Å²) in [5, 5.41) is 14.8. The van der Waals surface area contributed by atoms with Crippen LogP contribution in [0, 0.1) is 17.0 Å². The molecule has 0 unspecified atom stereocenters. The van der Waals surface area contributed by atoms with Crippen LogP contribution in [0.2, 0.25) is 0 Å². The van der Waals surface area contributed by atoms with Crippen LogP contribution >= 0.6 is 0 Å². The Balaban J connectivity index is 1.54. The van der Waals surface area contributed by atoms with Gasteiger partial charge in [0.25, 0.3) is 0 Å². The van der Waals surface area contributed by atoms with Gasteiger partial charge in [-0.05, 0) is 12.1 Å². The van der Waals surface area contributed by atoms with E-state index < -0.39 is 11.6 Å². The van der Waals surface area contributed by atoms with Gasteiger partial charge < -0.3 is 24.8 Å². The van der Waals surface area contributed by atoms with Crippen molar-refractivity contribution in [1.29, 1.82) is 5.41 Å². The van der Waals surface area contributed by atoms with Gasteiger partial charge in [-0.3, -0.25) is 5.41 Å². The highest BCUT2D eigenvalue weighted by Crippen LogP contribution is 2.26. The molecular weight excluding hydrogens is 496 g/mol. The Kier molecular flexibility index (Phi) is 8.67. The quantitative estimate of drug-likeness (QED) is 0.184. The molecule has 0 aliphatic carbocycles. The zero-order valence-electron chi connectivity index (χ0n) is 20.7. The van der Waals surface area contributed by atoms with E-state index in [1.165, 1.54) is 26.7 Å². The average Bonchev–Trinajstić information content (AvgIpc) is 2.93. The van der Waals surface area contributed by atoms with Crippen molar-refractivity contribution in [3.05, 3.63) is 89.8 Å². The standard InChI is InChI=1S/C26H25F2N7O3/c1-36-9-10-38-16-11-19(27)18(20(28)12-16)13-31-21-6-4-3-5-17(21)24(29)26-32-14-22(37-2)25(35-26)34-23-7-8-30-15-33-23/h3-8,11-12,14-15,29,31H,9-10,13H2,1-2H3,(H,30,32,33,34,35). The second-order valence-corrected chi connectivity index (χ2v) is 7.81. The largest absolute Gasteiger partial charge is 0.491 e. The number of para-hydroxylation sites is 1. The van der Waals surface area contributed by atoms with Crippen molar-refractivity contribution in [2.24, 2.45) is 0 Å². The van der Waals surface area contributed by atoms with Crippen LogP contribution in [0.15, 0.2) is 61.2 Å². The molecule has 12 heteroatoms. The van der Waals surface area contributed by atoms with E-state index in [9.17, 15) is 8.78 Å². The van der Waals surface area contributed by atoms with E-state index in [-0.39, 0.29) is 36.0 Å². The van der Waals surface area contributed by atoms with E-state index >= 15 is 0 Å². The molecule has 3 N–H and O–H groups in total. The number of aromatic nitrogens is 4. The van der Waals surface area contributed by atoms with Crippen molar-refractivity contribution in [2.45, 2.75) is 6.54 Å². The van der Waals surface area contributed by atoms with Gasteiger partial charge in [0.1, 0.15) is 41.8 Å². The number of halogens is 2. The molecule has 0 amide bonds. The summed E-state index contributed by atoms with van der Waals surface area (Å²) >= 11 is 0. The van der Waals surface area contributed by atoms with Gasteiger partial charge in [0.2, 0.25) is 0 Å². The Labute approximate surface area is 217 Å². The van der Waals surface area contributed by atoms with E-state index in [0.717, 1.165) is 12.1 Å². The fourth-order valence-electron chi connectivity index (χ4n) is 3.45. The SMILES string of the molecule is COCCOc1cc(F)c(CNc2ccccc2C(=N)c2ncc(OC)c(Nc3ccncn3)n2)c(F)c1. The summed E-state index contributed by atoms with van der Waals surface area (Å²) in [6, 6.07) is 10.8. The summed E-state index contributed by atoms with van der Waals surface area (Å²) in [5.74, 6) is -0.184. The molecule has 0 aliphatic heterocycles. The molecule has 196 valence electrons. The van der Waals surface area contributed by atoms with Gasteiger partial charge >= 0.3 is 0 Å². The normalized spacial score (nSPS) is 10.6. The first-order valence-electron chi connectivity index (χ1n) is 11.5. The summed E-state index contributed by atoms with van der Waals surface area (Å²) < 4.78 is 44.8. The maximum Gasteiger partial charge on any atom is 0.180 e. The van der Waals surface area contributed by atoms with Gasteiger partial charge in [0, 0.05) is 48.8 Å². The first kappa shape index (κ1) is 26.4. The molecular formula is C26H25F2N7O3. The number of ether oxygens (including phenoxy) is 3. The minimum absolute atomic E-state index is 0.00988. The lowest BCUT2D eigenvalue weighted by atomic mass is 10.1. The van der Waals surface area contributed by atoms with Crippen molar-refractivity contribution in [3.8, 4) is 11.5 Å². The van der Waals surface area contributed by atoms with Crippen LogP contribution in [-0.2, 0) is 11.3 Å². The van der Waals surface area contributed by atoms with Crippen LogP contribution in [0.3, 0.4) is 0 Å². The lowest BCUT2D eigenvalue weighted by Gasteiger charge is -2.15. The molecule has 0 radical (unpaired) electrons. The predicted octanol–water partition coefficient (Wildman–Crippen LogP) is 4.35.